The molecule has 23 heavy (non-hydrogen) atoms. The maximum absolute atomic E-state index is 12.5. The number of piperidine rings is 1. The van der Waals surface area contributed by atoms with Crippen LogP contribution >= 0.6 is 0 Å². The molecule has 2 aromatic rings. The van der Waals surface area contributed by atoms with Gasteiger partial charge in [0.05, 0.1) is 0 Å². The minimum absolute atomic E-state index is 0.292. The zero-order valence-corrected chi connectivity index (χ0v) is 13.8. The highest BCUT2D eigenvalue weighted by molar-refractivity contribution is 5.76. The number of aryl methyl sites for hydroxylation is 2. The van der Waals surface area contributed by atoms with E-state index in [4.69, 9.17) is 0 Å². The molecule has 0 saturated carbocycles. The fraction of sp³-hybridized carbons (Fsp3) is 0.474. The van der Waals surface area contributed by atoms with E-state index >= 15 is 0 Å². The van der Waals surface area contributed by atoms with Crippen molar-refractivity contribution in [3.05, 3.63) is 54.1 Å². The van der Waals surface area contributed by atoms with Gasteiger partial charge in [-0.1, -0.05) is 30.3 Å². The van der Waals surface area contributed by atoms with Crippen molar-refractivity contribution in [3.63, 3.8) is 0 Å². The summed E-state index contributed by atoms with van der Waals surface area (Å²) >= 11 is 0. The first-order chi connectivity index (χ1) is 11.2. The van der Waals surface area contributed by atoms with E-state index in [2.05, 4.69) is 33.8 Å². The smallest absolute Gasteiger partial charge is 0.222 e. The molecule has 1 atom stereocenters. The van der Waals surface area contributed by atoms with E-state index in [0.29, 0.717) is 18.2 Å². The highest BCUT2D eigenvalue weighted by Gasteiger charge is 2.26. The van der Waals surface area contributed by atoms with Crippen molar-refractivity contribution in [1.82, 2.24) is 14.5 Å². The van der Waals surface area contributed by atoms with Gasteiger partial charge in [-0.15, -0.1) is 0 Å². The number of imidazole rings is 1. The van der Waals surface area contributed by atoms with Gasteiger partial charge in [0, 0.05) is 44.9 Å². The Bertz CT molecular complexity index is 635. The van der Waals surface area contributed by atoms with Crippen LogP contribution in [-0.2, 0) is 18.3 Å². The van der Waals surface area contributed by atoms with Crippen LogP contribution in [0.15, 0.2) is 42.7 Å². The van der Waals surface area contributed by atoms with Gasteiger partial charge < -0.3 is 9.47 Å². The first-order valence-corrected chi connectivity index (χ1v) is 8.53. The van der Waals surface area contributed by atoms with E-state index in [9.17, 15) is 4.79 Å². The summed E-state index contributed by atoms with van der Waals surface area (Å²) in [5.74, 6) is 1.77. The molecule has 1 aliphatic heterocycles. The number of benzene rings is 1. The normalized spacial score (nSPS) is 18.1. The van der Waals surface area contributed by atoms with E-state index in [1.165, 1.54) is 5.56 Å². The molecule has 0 aliphatic carbocycles. The summed E-state index contributed by atoms with van der Waals surface area (Å²) in [7, 11) is 2.03. The molecule has 3 rings (SSSR count). The summed E-state index contributed by atoms with van der Waals surface area (Å²) in [6.07, 6.45) is 8.56. The molecule has 0 bridgehead atoms. The lowest BCUT2D eigenvalue weighted by molar-refractivity contribution is -0.132. The predicted molar refractivity (Wildman–Crippen MR) is 91.1 cm³/mol. The summed E-state index contributed by atoms with van der Waals surface area (Å²) in [5.41, 5.74) is 1.31. The largest absolute Gasteiger partial charge is 0.342 e. The number of carbonyl (C=O) groups excluding carboxylic acids is 1. The van der Waals surface area contributed by atoms with Gasteiger partial charge in [-0.3, -0.25) is 4.79 Å². The topological polar surface area (TPSA) is 38.1 Å². The molecule has 0 spiro atoms. The van der Waals surface area contributed by atoms with Crippen LogP contribution in [0.5, 0.6) is 0 Å². The Morgan fingerprint density at radius 2 is 2.13 bits per heavy atom. The fourth-order valence-corrected chi connectivity index (χ4v) is 3.43. The third-order valence-electron chi connectivity index (χ3n) is 4.70. The first-order valence-electron chi connectivity index (χ1n) is 8.53. The van der Waals surface area contributed by atoms with E-state index in [0.717, 1.165) is 44.6 Å². The van der Waals surface area contributed by atoms with E-state index in [1.54, 1.807) is 0 Å². The van der Waals surface area contributed by atoms with Gasteiger partial charge in [-0.05, 0) is 31.2 Å². The summed E-state index contributed by atoms with van der Waals surface area (Å²) in [5, 5.41) is 0. The molecule has 0 unspecified atom stereocenters. The van der Waals surface area contributed by atoms with Gasteiger partial charge in [-0.25, -0.2) is 4.98 Å². The Morgan fingerprint density at radius 3 is 2.87 bits per heavy atom. The molecule has 4 nitrogen and oxygen atoms in total. The maximum Gasteiger partial charge on any atom is 0.222 e. The van der Waals surface area contributed by atoms with Gasteiger partial charge >= 0.3 is 0 Å². The molecular weight excluding hydrogens is 286 g/mol. The number of carbonyl (C=O) groups is 1. The van der Waals surface area contributed by atoms with Crippen LogP contribution in [0, 0.1) is 0 Å². The number of nitrogens with zero attached hydrogens (tertiary/aromatic N) is 3. The molecule has 2 heterocycles. The van der Waals surface area contributed by atoms with Crippen molar-refractivity contribution in [2.24, 2.45) is 7.05 Å². The molecule has 1 amide bonds. The Balaban J connectivity index is 1.50. The van der Waals surface area contributed by atoms with Gasteiger partial charge in [0.25, 0.3) is 0 Å². The van der Waals surface area contributed by atoms with Gasteiger partial charge in [-0.2, -0.15) is 0 Å². The first kappa shape index (κ1) is 15.8. The Hall–Kier alpha value is -2.10. The van der Waals surface area contributed by atoms with Crippen molar-refractivity contribution < 1.29 is 4.79 Å². The average molecular weight is 311 g/mol. The molecule has 1 aromatic heterocycles. The van der Waals surface area contributed by atoms with Crippen LogP contribution in [0.3, 0.4) is 0 Å². The number of likely N-dealkylation sites (tertiary alicyclic amines) is 1. The molecule has 122 valence electrons. The third kappa shape index (κ3) is 4.01. The highest BCUT2D eigenvalue weighted by atomic mass is 16.2. The lowest BCUT2D eigenvalue weighted by Gasteiger charge is -2.32. The van der Waals surface area contributed by atoms with Crippen LogP contribution in [0.1, 0.15) is 43.0 Å². The lowest BCUT2D eigenvalue weighted by Crippen LogP contribution is -2.39. The van der Waals surface area contributed by atoms with Crippen molar-refractivity contribution >= 4 is 5.91 Å². The second-order valence-corrected chi connectivity index (χ2v) is 6.41. The van der Waals surface area contributed by atoms with Crippen molar-refractivity contribution in [3.8, 4) is 0 Å². The second kappa shape index (κ2) is 7.44. The Labute approximate surface area is 138 Å². The van der Waals surface area contributed by atoms with Gasteiger partial charge in [0.1, 0.15) is 5.82 Å². The SMILES string of the molecule is Cn1ccnc1[C@@H]1CCCN(C(=O)CCCc2ccccc2)C1. The summed E-state index contributed by atoms with van der Waals surface area (Å²) in [4.78, 5) is 19.0. The van der Waals surface area contributed by atoms with Crippen LogP contribution in [0.25, 0.3) is 0 Å². The van der Waals surface area contributed by atoms with Gasteiger partial charge in [0.2, 0.25) is 5.91 Å². The lowest BCUT2D eigenvalue weighted by atomic mass is 9.96. The van der Waals surface area contributed by atoms with Crippen LogP contribution in [0.2, 0.25) is 0 Å². The minimum Gasteiger partial charge on any atom is -0.342 e. The fourth-order valence-electron chi connectivity index (χ4n) is 3.43. The minimum atomic E-state index is 0.292. The Morgan fingerprint density at radius 1 is 1.30 bits per heavy atom. The summed E-state index contributed by atoms with van der Waals surface area (Å²) < 4.78 is 2.08. The van der Waals surface area contributed by atoms with E-state index in [-0.39, 0.29) is 0 Å². The Kier molecular flexibility index (Phi) is 5.11. The monoisotopic (exact) mass is 311 g/mol. The predicted octanol–water partition coefficient (Wildman–Crippen LogP) is 3.15. The van der Waals surface area contributed by atoms with Crippen LogP contribution in [-0.4, -0.2) is 33.4 Å². The molecule has 0 radical (unpaired) electrons. The highest BCUT2D eigenvalue weighted by Crippen LogP contribution is 2.26. The van der Waals surface area contributed by atoms with E-state index < -0.39 is 0 Å². The molecule has 1 aromatic carbocycles. The maximum atomic E-state index is 12.5. The van der Waals surface area contributed by atoms with Crippen molar-refractivity contribution in [2.45, 2.75) is 38.0 Å². The second-order valence-electron chi connectivity index (χ2n) is 6.41. The molecular formula is C19H25N3O. The number of amides is 1. The standard InChI is InChI=1S/C19H25N3O/c1-21-14-12-20-19(21)17-10-6-13-22(15-17)18(23)11-5-9-16-7-3-2-4-8-16/h2-4,7-8,12,14,17H,5-6,9-11,13,15H2,1H3/t17-/m1/s1. The zero-order chi connectivity index (χ0) is 16.1. The molecule has 1 fully saturated rings. The summed E-state index contributed by atoms with van der Waals surface area (Å²) in [6, 6.07) is 10.4. The van der Waals surface area contributed by atoms with Gasteiger partial charge in [0.15, 0.2) is 0 Å². The molecule has 1 saturated heterocycles. The number of hydrogen-bond donors (Lipinski definition) is 0. The van der Waals surface area contributed by atoms with Crippen LogP contribution in [0.4, 0.5) is 0 Å². The number of rotatable bonds is 5. The van der Waals surface area contributed by atoms with Crippen LogP contribution < -0.4 is 0 Å². The average Bonchev–Trinajstić information content (AvgIpc) is 3.02. The number of hydrogen-bond acceptors (Lipinski definition) is 2. The molecule has 4 heteroatoms. The van der Waals surface area contributed by atoms with E-state index in [1.807, 2.05) is 30.4 Å². The quantitative estimate of drug-likeness (QED) is 0.851. The number of aromatic nitrogens is 2. The zero-order valence-electron chi connectivity index (χ0n) is 13.8. The van der Waals surface area contributed by atoms with Crippen molar-refractivity contribution in [2.75, 3.05) is 13.1 Å². The molecule has 0 N–H and O–H groups in total. The molecule has 1 aliphatic rings. The summed E-state index contributed by atoms with van der Waals surface area (Å²) in [6.45, 7) is 1.71. The van der Waals surface area contributed by atoms with Crippen molar-refractivity contribution in [1.29, 1.82) is 0 Å². The third-order valence-corrected chi connectivity index (χ3v) is 4.70.